The Morgan fingerprint density at radius 3 is 2.21 bits per heavy atom. The molecule has 0 radical (unpaired) electrons. The molecule has 0 bridgehead atoms. The Bertz CT molecular complexity index is 1240. The first-order chi connectivity index (χ1) is 16.5. The number of methoxy groups -OCH3 is 4. The predicted molar refractivity (Wildman–Crippen MR) is 129 cm³/mol. The molecule has 1 atom stereocenters. The number of allylic oxidation sites excluding steroid dienone is 3. The molecule has 7 nitrogen and oxygen atoms in total. The highest BCUT2D eigenvalue weighted by atomic mass is 16.5. The van der Waals surface area contributed by atoms with Gasteiger partial charge in [0.2, 0.25) is 5.88 Å². The lowest BCUT2D eigenvalue weighted by Gasteiger charge is -2.33. The topological polar surface area (TPSA) is 96.0 Å². The Hall–Kier alpha value is -4.05. The maximum atomic E-state index is 9.93. The van der Waals surface area contributed by atoms with Crippen molar-refractivity contribution in [1.29, 1.82) is 5.26 Å². The molecule has 0 saturated carbocycles. The minimum Gasteiger partial charge on any atom is -0.493 e. The summed E-state index contributed by atoms with van der Waals surface area (Å²) in [6.07, 6.45) is 4.65. The highest BCUT2D eigenvalue weighted by Gasteiger charge is 2.36. The Morgan fingerprint density at radius 2 is 1.56 bits per heavy atom. The molecule has 2 aromatic carbocycles. The third-order valence-corrected chi connectivity index (χ3v) is 6.20. The van der Waals surface area contributed by atoms with E-state index in [1.807, 2.05) is 36.4 Å². The molecular formula is C27H28N2O5. The van der Waals surface area contributed by atoms with Gasteiger partial charge >= 0.3 is 0 Å². The highest BCUT2D eigenvalue weighted by Crippen LogP contribution is 2.48. The van der Waals surface area contributed by atoms with Gasteiger partial charge in [-0.3, -0.25) is 0 Å². The van der Waals surface area contributed by atoms with Crippen LogP contribution in [0.2, 0.25) is 0 Å². The molecule has 7 heteroatoms. The summed E-state index contributed by atoms with van der Waals surface area (Å²) in [5.41, 5.74) is 10.6. The summed E-state index contributed by atoms with van der Waals surface area (Å²) in [5, 5.41) is 9.93. The van der Waals surface area contributed by atoms with Gasteiger partial charge in [0, 0.05) is 5.92 Å². The molecule has 0 amide bonds. The van der Waals surface area contributed by atoms with E-state index < -0.39 is 0 Å². The van der Waals surface area contributed by atoms with Gasteiger partial charge < -0.3 is 29.4 Å². The van der Waals surface area contributed by atoms with E-state index in [4.69, 9.17) is 29.4 Å². The fourth-order valence-corrected chi connectivity index (χ4v) is 4.59. The van der Waals surface area contributed by atoms with Crippen LogP contribution in [-0.4, -0.2) is 28.4 Å². The van der Waals surface area contributed by atoms with Gasteiger partial charge in [0.25, 0.3) is 0 Å². The van der Waals surface area contributed by atoms with Crippen LogP contribution >= 0.6 is 0 Å². The number of nitrogens with zero attached hydrogens (tertiary/aromatic N) is 1. The summed E-state index contributed by atoms with van der Waals surface area (Å²) >= 11 is 0. The second-order valence-corrected chi connectivity index (χ2v) is 8.03. The highest BCUT2D eigenvalue weighted by molar-refractivity contribution is 5.64. The van der Waals surface area contributed by atoms with Crippen molar-refractivity contribution in [3.05, 3.63) is 75.9 Å². The lowest BCUT2D eigenvalue weighted by Crippen LogP contribution is -2.23. The van der Waals surface area contributed by atoms with Gasteiger partial charge in [-0.1, -0.05) is 12.1 Å². The van der Waals surface area contributed by atoms with Gasteiger partial charge in [-0.25, -0.2) is 0 Å². The van der Waals surface area contributed by atoms with Gasteiger partial charge in [0.1, 0.15) is 17.4 Å². The number of benzene rings is 2. The van der Waals surface area contributed by atoms with Crippen molar-refractivity contribution < 1.29 is 23.7 Å². The first-order valence-electron chi connectivity index (χ1n) is 11.0. The largest absolute Gasteiger partial charge is 0.493 e. The number of nitriles is 1. The summed E-state index contributed by atoms with van der Waals surface area (Å²) in [6, 6.07) is 13.7. The fourth-order valence-electron chi connectivity index (χ4n) is 4.59. The van der Waals surface area contributed by atoms with Crippen molar-refractivity contribution in [3.8, 4) is 29.1 Å². The van der Waals surface area contributed by atoms with Crippen LogP contribution in [0, 0.1) is 11.3 Å². The third kappa shape index (κ3) is 4.15. The smallest absolute Gasteiger partial charge is 0.205 e. The zero-order chi connectivity index (χ0) is 24.2. The molecule has 0 spiro atoms. The van der Waals surface area contributed by atoms with Crippen molar-refractivity contribution in [2.75, 3.05) is 28.4 Å². The van der Waals surface area contributed by atoms with Crippen molar-refractivity contribution >= 4 is 6.08 Å². The SMILES string of the molecule is COc1ccc(/C=C2/CCCC3=C2OC(N)=C(C#N)[C@H]3c2ccc(OC)c(OC)c2)cc1OC. The summed E-state index contributed by atoms with van der Waals surface area (Å²) in [6.45, 7) is 0. The third-order valence-electron chi connectivity index (χ3n) is 6.20. The standard InChI is InChI=1S/C27H28N2O5/c1-30-21-10-8-16(13-23(21)32-3)12-18-6-5-7-19-25(20(15-28)27(29)34-26(18)19)17-9-11-22(31-2)24(14-17)33-4/h8-14,25H,5-7,29H2,1-4H3/b18-12-/t25-/m0/s1. The Morgan fingerprint density at radius 1 is 0.912 bits per heavy atom. The molecule has 34 heavy (non-hydrogen) atoms. The second kappa shape index (κ2) is 9.84. The molecule has 0 unspecified atom stereocenters. The van der Waals surface area contributed by atoms with Crippen LogP contribution in [0.15, 0.2) is 64.8 Å². The average molecular weight is 461 g/mol. The zero-order valence-electron chi connectivity index (χ0n) is 19.8. The lowest BCUT2D eigenvalue weighted by molar-refractivity contribution is 0.277. The summed E-state index contributed by atoms with van der Waals surface area (Å²) < 4.78 is 27.8. The van der Waals surface area contributed by atoms with Crippen LogP contribution in [0.4, 0.5) is 0 Å². The van der Waals surface area contributed by atoms with Crippen LogP contribution in [0.3, 0.4) is 0 Å². The zero-order valence-corrected chi connectivity index (χ0v) is 19.8. The van der Waals surface area contributed by atoms with Crippen LogP contribution in [0.5, 0.6) is 23.0 Å². The van der Waals surface area contributed by atoms with Gasteiger partial charge in [0.15, 0.2) is 23.0 Å². The minimum atomic E-state index is -0.317. The van der Waals surface area contributed by atoms with E-state index in [9.17, 15) is 5.26 Å². The second-order valence-electron chi connectivity index (χ2n) is 8.03. The molecule has 0 aromatic heterocycles. The molecule has 1 aliphatic heterocycles. The maximum Gasteiger partial charge on any atom is 0.205 e. The van der Waals surface area contributed by atoms with Crippen LogP contribution in [-0.2, 0) is 4.74 Å². The van der Waals surface area contributed by atoms with Crippen LogP contribution < -0.4 is 24.7 Å². The molecule has 1 heterocycles. The van der Waals surface area contributed by atoms with Gasteiger partial charge in [-0.15, -0.1) is 0 Å². The number of nitrogens with two attached hydrogens (primary N) is 1. The van der Waals surface area contributed by atoms with Gasteiger partial charge in [0.05, 0.1) is 28.4 Å². The van der Waals surface area contributed by atoms with Gasteiger partial charge in [-0.2, -0.15) is 5.26 Å². The molecule has 2 N–H and O–H groups in total. The molecule has 1 aliphatic carbocycles. The summed E-state index contributed by atoms with van der Waals surface area (Å²) in [5.74, 6) is 3.09. The van der Waals surface area contributed by atoms with Crippen molar-refractivity contribution in [3.63, 3.8) is 0 Å². The number of hydrogen-bond donors (Lipinski definition) is 1. The number of hydrogen-bond acceptors (Lipinski definition) is 7. The van der Waals surface area contributed by atoms with E-state index in [-0.39, 0.29) is 11.8 Å². The number of rotatable bonds is 6. The first kappa shape index (κ1) is 23.1. The Balaban J connectivity index is 1.82. The quantitative estimate of drug-likeness (QED) is 0.644. The molecule has 0 saturated heterocycles. The Labute approximate surface area is 199 Å². The van der Waals surface area contributed by atoms with Crippen molar-refractivity contribution in [2.24, 2.45) is 5.73 Å². The molecule has 2 aromatic rings. The average Bonchev–Trinajstić information content (AvgIpc) is 2.87. The predicted octanol–water partition coefficient (Wildman–Crippen LogP) is 5.05. The summed E-state index contributed by atoms with van der Waals surface area (Å²) in [7, 11) is 6.41. The number of ether oxygens (including phenoxy) is 5. The molecule has 2 aliphatic rings. The minimum absolute atomic E-state index is 0.126. The summed E-state index contributed by atoms with van der Waals surface area (Å²) in [4.78, 5) is 0. The van der Waals surface area contributed by atoms with E-state index >= 15 is 0 Å². The van der Waals surface area contributed by atoms with Crippen LogP contribution in [0.1, 0.15) is 36.3 Å². The van der Waals surface area contributed by atoms with E-state index in [1.165, 1.54) is 0 Å². The van der Waals surface area contributed by atoms with E-state index in [2.05, 4.69) is 12.1 Å². The van der Waals surface area contributed by atoms with E-state index in [1.54, 1.807) is 28.4 Å². The van der Waals surface area contributed by atoms with Crippen LogP contribution in [0.25, 0.3) is 6.08 Å². The monoisotopic (exact) mass is 460 g/mol. The van der Waals surface area contributed by atoms with Gasteiger partial charge in [-0.05, 0) is 71.9 Å². The lowest BCUT2D eigenvalue weighted by atomic mass is 9.77. The maximum absolute atomic E-state index is 9.93. The molecule has 4 rings (SSSR count). The van der Waals surface area contributed by atoms with E-state index in [0.29, 0.717) is 28.6 Å². The van der Waals surface area contributed by atoms with E-state index in [0.717, 1.165) is 47.3 Å². The molecule has 176 valence electrons. The van der Waals surface area contributed by atoms with Crippen molar-refractivity contribution in [2.45, 2.75) is 25.2 Å². The normalized spacial score (nSPS) is 18.7. The fraction of sp³-hybridized carbons (Fsp3) is 0.296. The Kier molecular flexibility index (Phi) is 6.69. The van der Waals surface area contributed by atoms with Crippen molar-refractivity contribution in [1.82, 2.24) is 0 Å². The molecular weight excluding hydrogens is 432 g/mol. The first-order valence-corrected chi connectivity index (χ1v) is 11.0. The molecule has 0 fully saturated rings.